The highest BCUT2D eigenvalue weighted by Gasteiger charge is 2.38. The van der Waals surface area contributed by atoms with Crippen molar-refractivity contribution in [2.75, 3.05) is 4.90 Å². The zero-order valence-electron chi connectivity index (χ0n) is 10.6. The van der Waals surface area contributed by atoms with Crippen LogP contribution in [-0.4, -0.2) is 11.8 Å². The predicted molar refractivity (Wildman–Crippen MR) is 69.9 cm³/mol. The number of rotatable bonds is 1. The molecule has 1 fully saturated rings. The number of carbonyl (C=O) groups excluding carboxylic acids is 2. The Morgan fingerprint density at radius 2 is 1.83 bits per heavy atom. The second-order valence-corrected chi connectivity index (χ2v) is 5.34. The molecule has 3 nitrogen and oxygen atoms in total. The molecule has 0 radical (unpaired) electrons. The van der Waals surface area contributed by atoms with Crippen LogP contribution >= 0.6 is 0 Å². The van der Waals surface area contributed by atoms with E-state index in [1.165, 1.54) is 4.90 Å². The van der Waals surface area contributed by atoms with E-state index >= 15 is 0 Å². The monoisotopic (exact) mass is 241 g/mol. The van der Waals surface area contributed by atoms with Crippen LogP contribution in [0.25, 0.3) is 0 Å². The van der Waals surface area contributed by atoms with Crippen molar-refractivity contribution >= 4 is 17.5 Å². The van der Waals surface area contributed by atoms with Gasteiger partial charge in [0.15, 0.2) is 0 Å². The van der Waals surface area contributed by atoms with E-state index < -0.39 is 0 Å². The Morgan fingerprint density at radius 3 is 2.39 bits per heavy atom. The molecule has 2 amide bonds. The number of benzene rings is 1. The summed E-state index contributed by atoms with van der Waals surface area (Å²) in [6.45, 7) is 3.86. The number of terminal acetylenes is 1. The van der Waals surface area contributed by atoms with Crippen molar-refractivity contribution in [3.63, 3.8) is 0 Å². The summed E-state index contributed by atoms with van der Waals surface area (Å²) in [5.74, 6) is 2.18. The van der Waals surface area contributed by atoms with E-state index in [1.54, 1.807) is 24.3 Å². The molecule has 1 aliphatic heterocycles. The number of hydrogen-bond acceptors (Lipinski definition) is 2. The number of nitrogens with zero attached hydrogens (tertiary/aromatic N) is 1. The maximum atomic E-state index is 12.1. The summed E-state index contributed by atoms with van der Waals surface area (Å²) in [6, 6.07) is 6.94. The van der Waals surface area contributed by atoms with Gasteiger partial charge in [-0.1, -0.05) is 25.8 Å². The molecular weight excluding hydrogens is 226 g/mol. The van der Waals surface area contributed by atoms with E-state index in [4.69, 9.17) is 6.42 Å². The lowest BCUT2D eigenvalue weighted by Crippen LogP contribution is -2.46. The summed E-state index contributed by atoms with van der Waals surface area (Å²) in [7, 11) is 0. The van der Waals surface area contributed by atoms with Crippen LogP contribution in [0.15, 0.2) is 24.3 Å². The Morgan fingerprint density at radius 1 is 1.22 bits per heavy atom. The number of anilines is 1. The van der Waals surface area contributed by atoms with E-state index in [2.05, 4.69) is 5.92 Å². The highest BCUT2D eigenvalue weighted by atomic mass is 16.2. The van der Waals surface area contributed by atoms with Gasteiger partial charge in [0, 0.05) is 18.4 Å². The average Bonchev–Trinajstić information content (AvgIpc) is 2.26. The van der Waals surface area contributed by atoms with Gasteiger partial charge in [0.25, 0.3) is 0 Å². The van der Waals surface area contributed by atoms with E-state index in [1.807, 2.05) is 13.8 Å². The quantitative estimate of drug-likeness (QED) is 0.559. The number of hydrogen-bond donors (Lipinski definition) is 0. The summed E-state index contributed by atoms with van der Waals surface area (Å²) < 4.78 is 0. The lowest BCUT2D eigenvalue weighted by Gasteiger charge is -2.34. The fourth-order valence-electron chi connectivity index (χ4n) is 2.20. The maximum Gasteiger partial charge on any atom is 0.234 e. The summed E-state index contributed by atoms with van der Waals surface area (Å²) in [6.07, 6.45) is 6.07. The van der Waals surface area contributed by atoms with Gasteiger partial charge in [-0.15, -0.1) is 6.42 Å². The molecular formula is C15H15NO2. The van der Waals surface area contributed by atoms with E-state index in [-0.39, 0.29) is 17.2 Å². The second-order valence-electron chi connectivity index (χ2n) is 5.34. The molecule has 0 bridgehead atoms. The molecule has 0 N–H and O–H groups in total. The van der Waals surface area contributed by atoms with Crippen LogP contribution in [0.5, 0.6) is 0 Å². The molecule has 1 aromatic carbocycles. The Kier molecular flexibility index (Phi) is 2.96. The normalized spacial score (nSPS) is 18.6. The fourth-order valence-corrected chi connectivity index (χ4v) is 2.20. The smallest absolute Gasteiger partial charge is 0.234 e. The van der Waals surface area contributed by atoms with Crippen LogP contribution < -0.4 is 4.90 Å². The van der Waals surface area contributed by atoms with Gasteiger partial charge in [0.1, 0.15) is 0 Å². The van der Waals surface area contributed by atoms with Crippen LogP contribution in [0.2, 0.25) is 0 Å². The van der Waals surface area contributed by atoms with Crippen LogP contribution in [0.1, 0.15) is 32.3 Å². The van der Waals surface area contributed by atoms with Gasteiger partial charge in [-0.2, -0.15) is 0 Å². The standard InChI is InChI=1S/C15H15NO2/c1-4-11-6-5-7-12(8-11)16-13(17)9-15(2,3)10-14(16)18/h1,5-8H,9-10H2,2-3H3. The minimum Gasteiger partial charge on any atom is -0.274 e. The lowest BCUT2D eigenvalue weighted by atomic mass is 9.81. The molecule has 0 saturated carbocycles. The zero-order chi connectivity index (χ0) is 13.3. The van der Waals surface area contributed by atoms with Gasteiger partial charge in [-0.25, -0.2) is 0 Å². The Labute approximate surface area is 107 Å². The first-order valence-corrected chi connectivity index (χ1v) is 5.85. The van der Waals surface area contributed by atoms with Crippen LogP contribution in [-0.2, 0) is 9.59 Å². The average molecular weight is 241 g/mol. The first-order chi connectivity index (χ1) is 8.43. The molecule has 1 aromatic rings. The molecule has 2 rings (SSSR count). The predicted octanol–water partition coefficient (Wildman–Crippen LogP) is 2.35. The topological polar surface area (TPSA) is 37.4 Å². The third-order valence-corrected chi connectivity index (χ3v) is 3.03. The third kappa shape index (κ3) is 2.28. The first kappa shape index (κ1) is 12.4. The van der Waals surface area contributed by atoms with Gasteiger partial charge >= 0.3 is 0 Å². The van der Waals surface area contributed by atoms with Crippen molar-refractivity contribution in [3.05, 3.63) is 29.8 Å². The zero-order valence-corrected chi connectivity index (χ0v) is 10.6. The van der Waals surface area contributed by atoms with Gasteiger partial charge in [0.2, 0.25) is 11.8 Å². The Balaban J connectivity index is 2.36. The van der Waals surface area contributed by atoms with Gasteiger partial charge < -0.3 is 0 Å². The second kappa shape index (κ2) is 4.30. The minimum absolute atomic E-state index is 0.162. The molecule has 0 atom stereocenters. The molecule has 1 aliphatic rings. The fraction of sp³-hybridized carbons (Fsp3) is 0.333. The molecule has 0 aromatic heterocycles. The largest absolute Gasteiger partial charge is 0.274 e. The highest BCUT2D eigenvalue weighted by molar-refractivity contribution is 6.16. The molecule has 18 heavy (non-hydrogen) atoms. The van der Waals surface area contributed by atoms with Crippen LogP contribution in [0.4, 0.5) is 5.69 Å². The molecule has 1 heterocycles. The van der Waals surface area contributed by atoms with Crippen molar-refractivity contribution < 1.29 is 9.59 Å². The van der Waals surface area contributed by atoms with Crippen molar-refractivity contribution in [1.29, 1.82) is 0 Å². The Hall–Kier alpha value is -2.08. The van der Waals surface area contributed by atoms with E-state index in [0.717, 1.165) is 0 Å². The van der Waals surface area contributed by atoms with Crippen LogP contribution in [0.3, 0.4) is 0 Å². The van der Waals surface area contributed by atoms with Gasteiger partial charge in [0.05, 0.1) is 5.69 Å². The SMILES string of the molecule is C#Cc1cccc(N2C(=O)CC(C)(C)CC2=O)c1. The Bertz CT molecular complexity index is 532. The van der Waals surface area contributed by atoms with E-state index in [9.17, 15) is 9.59 Å². The highest BCUT2D eigenvalue weighted by Crippen LogP contribution is 2.34. The molecule has 1 saturated heterocycles. The molecule has 92 valence electrons. The molecule has 0 unspecified atom stereocenters. The number of piperidine rings is 1. The summed E-state index contributed by atoms with van der Waals surface area (Å²) in [5, 5.41) is 0. The van der Waals surface area contributed by atoms with Crippen LogP contribution in [0, 0.1) is 17.8 Å². The first-order valence-electron chi connectivity index (χ1n) is 5.85. The number of imide groups is 1. The van der Waals surface area contributed by atoms with Gasteiger partial charge in [-0.05, 0) is 23.6 Å². The molecule has 3 heteroatoms. The maximum absolute atomic E-state index is 12.1. The third-order valence-electron chi connectivity index (χ3n) is 3.03. The number of amides is 2. The van der Waals surface area contributed by atoms with Crippen molar-refractivity contribution in [2.45, 2.75) is 26.7 Å². The number of carbonyl (C=O) groups is 2. The summed E-state index contributed by atoms with van der Waals surface area (Å²) in [5.41, 5.74) is 0.975. The lowest BCUT2D eigenvalue weighted by molar-refractivity contribution is -0.132. The van der Waals surface area contributed by atoms with Crippen molar-refractivity contribution in [1.82, 2.24) is 0 Å². The summed E-state index contributed by atoms with van der Waals surface area (Å²) >= 11 is 0. The van der Waals surface area contributed by atoms with Gasteiger partial charge in [-0.3, -0.25) is 14.5 Å². The molecule has 0 spiro atoms. The van der Waals surface area contributed by atoms with E-state index in [0.29, 0.717) is 24.1 Å². The van der Waals surface area contributed by atoms with Crippen molar-refractivity contribution in [2.24, 2.45) is 5.41 Å². The van der Waals surface area contributed by atoms with Crippen molar-refractivity contribution in [3.8, 4) is 12.3 Å². The minimum atomic E-state index is -0.256. The summed E-state index contributed by atoms with van der Waals surface area (Å²) in [4.78, 5) is 25.4. The molecule has 0 aliphatic carbocycles.